The second-order valence-corrected chi connectivity index (χ2v) is 7.47. The summed E-state index contributed by atoms with van der Waals surface area (Å²) in [5.74, 6) is 1.60. The molecule has 20 heavy (non-hydrogen) atoms. The Morgan fingerprint density at radius 3 is 2.50 bits per heavy atom. The SMILES string of the molecule is Cn1ccc(CC2CCCCCC2CNC(C)(C)C)n1. The number of nitrogens with zero attached hydrogens (tertiary/aromatic N) is 2. The van der Waals surface area contributed by atoms with Crippen LogP contribution in [0.2, 0.25) is 0 Å². The second kappa shape index (κ2) is 6.75. The predicted octanol–water partition coefficient (Wildman–Crippen LogP) is 3.55. The summed E-state index contributed by atoms with van der Waals surface area (Å²) in [6.45, 7) is 7.94. The molecule has 0 bridgehead atoms. The van der Waals surface area contributed by atoms with Gasteiger partial charge in [-0.2, -0.15) is 5.10 Å². The molecular formula is C17H31N3. The van der Waals surface area contributed by atoms with Gasteiger partial charge >= 0.3 is 0 Å². The molecule has 0 aliphatic heterocycles. The van der Waals surface area contributed by atoms with E-state index in [4.69, 9.17) is 0 Å². The smallest absolute Gasteiger partial charge is 0.0627 e. The third kappa shape index (κ3) is 4.93. The van der Waals surface area contributed by atoms with E-state index in [0.29, 0.717) is 0 Å². The van der Waals surface area contributed by atoms with E-state index in [1.807, 2.05) is 11.7 Å². The number of hydrogen-bond acceptors (Lipinski definition) is 2. The van der Waals surface area contributed by atoms with Gasteiger partial charge in [0.05, 0.1) is 5.69 Å². The van der Waals surface area contributed by atoms with Gasteiger partial charge < -0.3 is 5.32 Å². The van der Waals surface area contributed by atoms with Crippen molar-refractivity contribution in [2.45, 2.75) is 64.8 Å². The van der Waals surface area contributed by atoms with Crippen molar-refractivity contribution < 1.29 is 0 Å². The van der Waals surface area contributed by atoms with Crippen LogP contribution >= 0.6 is 0 Å². The Kier molecular flexibility index (Phi) is 5.25. The lowest BCUT2D eigenvalue weighted by Gasteiger charge is -2.29. The van der Waals surface area contributed by atoms with E-state index >= 15 is 0 Å². The Bertz CT molecular complexity index is 403. The third-order valence-electron chi connectivity index (χ3n) is 4.45. The van der Waals surface area contributed by atoms with Gasteiger partial charge in [-0.1, -0.05) is 19.3 Å². The fourth-order valence-electron chi connectivity index (χ4n) is 3.28. The van der Waals surface area contributed by atoms with Gasteiger partial charge in [0, 0.05) is 18.8 Å². The quantitative estimate of drug-likeness (QED) is 0.853. The number of nitrogens with one attached hydrogen (secondary N) is 1. The maximum absolute atomic E-state index is 4.57. The average Bonchev–Trinajstić information content (AvgIpc) is 2.63. The lowest BCUT2D eigenvalue weighted by atomic mass is 9.84. The van der Waals surface area contributed by atoms with Crippen molar-refractivity contribution in [3.05, 3.63) is 18.0 Å². The Morgan fingerprint density at radius 1 is 1.20 bits per heavy atom. The summed E-state index contributed by atoms with van der Waals surface area (Å²) in [5.41, 5.74) is 1.49. The molecule has 1 aromatic heterocycles. The second-order valence-electron chi connectivity index (χ2n) is 7.47. The van der Waals surface area contributed by atoms with Crippen LogP contribution in [0, 0.1) is 11.8 Å². The summed E-state index contributed by atoms with van der Waals surface area (Å²) < 4.78 is 1.93. The minimum Gasteiger partial charge on any atom is -0.312 e. The molecule has 3 nitrogen and oxygen atoms in total. The van der Waals surface area contributed by atoms with E-state index in [0.717, 1.165) is 24.8 Å². The topological polar surface area (TPSA) is 29.9 Å². The van der Waals surface area contributed by atoms with Crippen molar-refractivity contribution in [2.75, 3.05) is 6.54 Å². The van der Waals surface area contributed by atoms with Crippen molar-refractivity contribution in [1.29, 1.82) is 0 Å². The van der Waals surface area contributed by atoms with Crippen LogP contribution in [0.1, 0.15) is 58.6 Å². The maximum atomic E-state index is 4.57. The summed E-state index contributed by atoms with van der Waals surface area (Å²) in [7, 11) is 2.01. The first-order chi connectivity index (χ1) is 9.44. The van der Waals surface area contributed by atoms with Crippen LogP contribution < -0.4 is 5.32 Å². The molecule has 0 amide bonds. The Labute approximate surface area is 124 Å². The molecule has 1 saturated carbocycles. The molecule has 1 aromatic rings. The van der Waals surface area contributed by atoms with Crippen molar-refractivity contribution in [3.8, 4) is 0 Å². The molecule has 1 aliphatic carbocycles. The Hall–Kier alpha value is -0.830. The standard InChI is InChI=1S/C17H31N3/c1-17(2,3)18-13-15-9-7-5-6-8-14(15)12-16-10-11-20(4)19-16/h10-11,14-15,18H,5-9,12-13H2,1-4H3. The first-order valence-corrected chi connectivity index (χ1v) is 8.17. The van der Waals surface area contributed by atoms with Crippen molar-refractivity contribution in [2.24, 2.45) is 18.9 Å². The van der Waals surface area contributed by atoms with E-state index in [9.17, 15) is 0 Å². The molecule has 0 spiro atoms. The van der Waals surface area contributed by atoms with E-state index in [1.54, 1.807) is 0 Å². The lowest BCUT2D eigenvalue weighted by molar-refractivity contribution is 0.268. The number of aryl methyl sites for hydroxylation is 1. The highest BCUT2D eigenvalue weighted by molar-refractivity contribution is 5.01. The summed E-state index contributed by atoms with van der Waals surface area (Å²) in [6, 6.07) is 2.18. The highest BCUT2D eigenvalue weighted by atomic mass is 15.2. The molecule has 2 unspecified atom stereocenters. The van der Waals surface area contributed by atoms with Crippen LogP contribution in [0.3, 0.4) is 0 Å². The molecule has 1 heterocycles. The molecule has 0 radical (unpaired) electrons. The van der Waals surface area contributed by atoms with Gasteiger partial charge in [0.15, 0.2) is 0 Å². The first kappa shape index (κ1) is 15.6. The summed E-state index contributed by atoms with van der Waals surface area (Å²) in [5, 5.41) is 8.29. The van der Waals surface area contributed by atoms with E-state index in [1.165, 1.54) is 37.8 Å². The van der Waals surface area contributed by atoms with Crippen LogP contribution in [0.4, 0.5) is 0 Å². The zero-order valence-electron chi connectivity index (χ0n) is 13.7. The maximum Gasteiger partial charge on any atom is 0.0627 e. The van der Waals surface area contributed by atoms with Crippen molar-refractivity contribution in [3.63, 3.8) is 0 Å². The molecule has 114 valence electrons. The van der Waals surface area contributed by atoms with Gasteiger partial charge in [0.25, 0.3) is 0 Å². The minimum absolute atomic E-state index is 0.224. The van der Waals surface area contributed by atoms with Crippen molar-refractivity contribution in [1.82, 2.24) is 15.1 Å². The van der Waals surface area contributed by atoms with Gasteiger partial charge in [-0.3, -0.25) is 4.68 Å². The molecular weight excluding hydrogens is 246 g/mol. The highest BCUT2D eigenvalue weighted by Crippen LogP contribution is 2.31. The van der Waals surface area contributed by atoms with Gasteiger partial charge in [-0.05, 0) is 64.5 Å². The highest BCUT2D eigenvalue weighted by Gasteiger charge is 2.25. The Morgan fingerprint density at radius 2 is 1.90 bits per heavy atom. The average molecular weight is 277 g/mol. The van der Waals surface area contributed by atoms with Crippen LogP contribution in [-0.2, 0) is 13.5 Å². The fourth-order valence-corrected chi connectivity index (χ4v) is 3.28. The van der Waals surface area contributed by atoms with Gasteiger partial charge in [0.1, 0.15) is 0 Å². The molecule has 2 atom stereocenters. The van der Waals surface area contributed by atoms with Gasteiger partial charge in [-0.15, -0.1) is 0 Å². The summed E-state index contributed by atoms with van der Waals surface area (Å²) in [4.78, 5) is 0. The largest absolute Gasteiger partial charge is 0.312 e. The zero-order valence-corrected chi connectivity index (χ0v) is 13.7. The van der Waals surface area contributed by atoms with Crippen molar-refractivity contribution >= 4 is 0 Å². The normalized spacial score (nSPS) is 24.6. The minimum atomic E-state index is 0.224. The van der Waals surface area contributed by atoms with Gasteiger partial charge in [-0.25, -0.2) is 0 Å². The third-order valence-corrected chi connectivity index (χ3v) is 4.45. The monoisotopic (exact) mass is 277 g/mol. The lowest BCUT2D eigenvalue weighted by Crippen LogP contribution is -2.41. The predicted molar refractivity (Wildman–Crippen MR) is 84.7 cm³/mol. The van der Waals surface area contributed by atoms with Gasteiger partial charge in [0.2, 0.25) is 0 Å². The van der Waals surface area contributed by atoms with E-state index < -0.39 is 0 Å². The van der Waals surface area contributed by atoms with Crippen LogP contribution in [0.5, 0.6) is 0 Å². The summed E-state index contributed by atoms with van der Waals surface area (Å²) in [6.07, 6.45) is 10.2. The van der Waals surface area contributed by atoms with E-state index in [-0.39, 0.29) is 5.54 Å². The van der Waals surface area contributed by atoms with Crippen LogP contribution in [0.25, 0.3) is 0 Å². The number of aromatic nitrogens is 2. The van der Waals surface area contributed by atoms with Crippen LogP contribution in [-0.4, -0.2) is 21.9 Å². The molecule has 1 aliphatic rings. The van der Waals surface area contributed by atoms with Crippen LogP contribution in [0.15, 0.2) is 12.3 Å². The summed E-state index contributed by atoms with van der Waals surface area (Å²) >= 11 is 0. The number of rotatable bonds is 4. The van der Waals surface area contributed by atoms with E-state index in [2.05, 4.69) is 43.4 Å². The first-order valence-electron chi connectivity index (χ1n) is 8.17. The fraction of sp³-hybridized carbons (Fsp3) is 0.824. The molecule has 2 rings (SSSR count). The molecule has 0 aromatic carbocycles. The molecule has 0 saturated heterocycles. The Balaban J connectivity index is 1.97. The zero-order chi connectivity index (χ0) is 14.6. The molecule has 3 heteroatoms. The number of hydrogen-bond donors (Lipinski definition) is 1. The molecule has 1 fully saturated rings. The molecule has 1 N–H and O–H groups in total.